The van der Waals surface area contributed by atoms with E-state index >= 15 is 0 Å². The van der Waals surface area contributed by atoms with Crippen LogP contribution in [0.4, 0.5) is 0 Å². The van der Waals surface area contributed by atoms with Gasteiger partial charge in [-0.3, -0.25) is 0 Å². The zero-order valence-corrected chi connectivity index (χ0v) is 10.2. The van der Waals surface area contributed by atoms with Gasteiger partial charge in [0, 0.05) is 0 Å². The second-order valence-corrected chi connectivity index (χ2v) is 3.75. The molecule has 0 saturated heterocycles. The van der Waals surface area contributed by atoms with Gasteiger partial charge in [0.1, 0.15) is 0 Å². The summed E-state index contributed by atoms with van der Waals surface area (Å²) in [5.74, 6) is 0. The van der Waals surface area contributed by atoms with Crippen molar-refractivity contribution in [3.63, 3.8) is 0 Å². The van der Waals surface area contributed by atoms with Gasteiger partial charge in [0.25, 0.3) is 0 Å². The van der Waals surface area contributed by atoms with E-state index in [9.17, 15) is 0 Å². The topological polar surface area (TPSA) is 29.3 Å². The summed E-state index contributed by atoms with van der Waals surface area (Å²) in [5, 5.41) is 0. The van der Waals surface area contributed by atoms with Crippen molar-refractivity contribution in [3.05, 3.63) is 35.9 Å². The van der Waals surface area contributed by atoms with Gasteiger partial charge in [-0.15, -0.1) is 0 Å². The standard InChI is InChI=1S/C12H19N.CH5N/c1-13(2)11-7-6-10-12-8-4-3-5-9-12;1-2/h3-5,8-9H,6-7,10-11H2,1-2H3;2H2,1H3. The first-order valence-corrected chi connectivity index (χ1v) is 5.55. The van der Waals surface area contributed by atoms with Crippen LogP contribution in [0.1, 0.15) is 18.4 Å². The second kappa shape index (κ2) is 9.69. The first-order chi connectivity index (χ1) is 7.29. The maximum absolute atomic E-state index is 4.50. The molecule has 0 radical (unpaired) electrons. The number of aryl methyl sites for hydroxylation is 1. The van der Waals surface area contributed by atoms with Crippen LogP contribution >= 0.6 is 0 Å². The minimum Gasteiger partial charge on any atom is -0.333 e. The molecule has 2 heteroatoms. The summed E-state index contributed by atoms with van der Waals surface area (Å²) in [7, 11) is 5.75. The summed E-state index contributed by atoms with van der Waals surface area (Å²) in [4.78, 5) is 2.24. The quantitative estimate of drug-likeness (QED) is 0.751. The van der Waals surface area contributed by atoms with E-state index in [0.29, 0.717) is 0 Å². The SMILES string of the molecule is CN.CN(C)CCCCc1ccccc1. The van der Waals surface area contributed by atoms with Crippen molar-refractivity contribution in [3.8, 4) is 0 Å². The van der Waals surface area contributed by atoms with E-state index in [0.717, 1.165) is 0 Å². The highest BCUT2D eigenvalue weighted by Gasteiger charge is 1.93. The minimum absolute atomic E-state index is 1.20. The molecule has 0 spiro atoms. The average molecular weight is 208 g/mol. The highest BCUT2D eigenvalue weighted by atomic mass is 15.0. The van der Waals surface area contributed by atoms with Crippen LogP contribution in [0.25, 0.3) is 0 Å². The van der Waals surface area contributed by atoms with Crippen molar-refractivity contribution < 1.29 is 0 Å². The Balaban J connectivity index is 0.000000921. The first kappa shape index (κ1) is 14.1. The molecule has 0 atom stereocenters. The van der Waals surface area contributed by atoms with Crippen LogP contribution in [0.5, 0.6) is 0 Å². The zero-order valence-electron chi connectivity index (χ0n) is 10.2. The average Bonchev–Trinajstić information content (AvgIpc) is 2.28. The second-order valence-electron chi connectivity index (χ2n) is 3.75. The molecule has 0 amide bonds. The molecule has 2 nitrogen and oxygen atoms in total. The monoisotopic (exact) mass is 208 g/mol. The Morgan fingerprint density at radius 2 is 1.60 bits per heavy atom. The maximum Gasteiger partial charge on any atom is -0.00247 e. The van der Waals surface area contributed by atoms with E-state index in [-0.39, 0.29) is 0 Å². The first-order valence-electron chi connectivity index (χ1n) is 5.55. The lowest BCUT2D eigenvalue weighted by Gasteiger charge is -2.08. The Kier molecular flexibility index (Phi) is 9.13. The van der Waals surface area contributed by atoms with E-state index in [1.807, 2.05) is 0 Å². The molecule has 0 fully saturated rings. The minimum atomic E-state index is 1.20. The van der Waals surface area contributed by atoms with Gasteiger partial charge in [-0.1, -0.05) is 30.3 Å². The molecule has 0 aliphatic heterocycles. The summed E-state index contributed by atoms with van der Waals surface area (Å²) in [6, 6.07) is 10.7. The summed E-state index contributed by atoms with van der Waals surface area (Å²) < 4.78 is 0. The lowest BCUT2D eigenvalue weighted by Crippen LogP contribution is -2.12. The molecule has 0 unspecified atom stereocenters. The van der Waals surface area contributed by atoms with Crippen molar-refractivity contribution >= 4 is 0 Å². The number of hydrogen-bond donors (Lipinski definition) is 1. The van der Waals surface area contributed by atoms with Crippen LogP contribution in [0.2, 0.25) is 0 Å². The Morgan fingerprint density at radius 1 is 1.00 bits per heavy atom. The number of rotatable bonds is 5. The molecule has 1 rings (SSSR count). The van der Waals surface area contributed by atoms with Crippen molar-refractivity contribution in [2.24, 2.45) is 5.73 Å². The fourth-order valence-electron chi connectivity index (χ4n) is 1.40. The van der Waals surface area contributed by atoms with Gasteiger partial charge >= 0.3 is 0 Å². The zero-order chi connectivity index (χ0) is 11.5. The van der Waals surface area contributed by atoms with E-state index in [4.69, 9.17) is 0 Å². The molecule has 0 aliphatic rings. The molecule has 0 aromatic heterocycles. The van der Waals surface area contributed by atoms with Crippen molar-refractivity contribution in [2.45, 2.75) is 19.3 Å². The molecule has 1 aromatic carbocycles. The lowest BCUT2D eigenvalue weighted by molar-refractivity contribution is 0.394. The van der Waals surface area contributed by atoms with Gasteiger partial charge < -0.3 is 10.6 Å². The lowest BCUT2D eigenvalue weighted by atomic mass is 10.1. The molecule has 0 saturated carbocycles. The number of nitrogens with two attached hydrogens (primary N) is 1. The van der Waals surface area contributed by atoms with Crippen molar-refractivity contribution in [1.29, 1.82) is 0 Å². The number of unbranched alkanes of at least 4 members (excludes halogenated alkanes) is 1. The molecule has 15 heavy (non-hydrogen) atoms. The van der Waals surface area contributed by atoms with Gasteiger partial charge in [-0.2, -0.15) is 0 Å². The van der Waals surface area contributed by atoms with Crippen LogP contribution < -0.4 is 5.73 Å². The molecule has 86 valence electrons. The molecule has 1 aromatic rings. The fraction of sp³-hybridized carbons (Fsp3) is 0.538. The van der Waals surface area contributed by atoms with E-state index in [1.54, 1.807) is 0 Å². The van der Waals surface area contributed by atoms with Crippen LogP contribution in [0.15, 0.2) is 30.3 Å². The summed E-state index contributed by atoms with van der Waals surface area (Å²) >= 11 is 0. The Hall–Kier alpha value is -0.860. The largest absolute Gasteiger partial charge is 0.333 e. The third kappa shape index (κ3) is 8.16. The smallest absolute Gasteiger partial charge is 0.00247 e. The van der Waals surface area contributed by atoms with E-state index in [1.165, 1.54) is 38.4 Å². The van der Waals surface area contributed by atoms with Gasteiger partial charge in [0.15, 0.2) is 0 Å². The van der Waals surface area contributed by atoms with Gasteiger partial charge in [-0.05, 0) is 52.5 Å². The van der Waals surface area contributed by atoms with Crippen molar-refractivity contribution in [1.82, 2.24) is 4.90 Å². The molecular formula is C13H24N2. The third-order valence-corrected chi connectivity index (χ3v) is 2.16. The van der Waals surface area contributed by atoms with Gasteiger partial charge in [0.05, 0.1) is 0 Å². The third-order valence-electron chi connectivity index (χ3n) is 2.16. The van der Waals surface area contributed by atoms with Crippen LogP contribution in [-0.2, 0) is 6.42 Å². The highest BCUT2D eigenvalue weighted by Crippen LogP contribution is 2.04. The molecule has 0 aliphatic carbocycles. The Morgan fingerprint density at radius 3 is 2.13 bits per heavy atom. The summed E-state index contributed by atoms with van der Waals surface area (Å²) in [6.07, 6.45) is 3.80. The van der Waals surface area contributed by atoms with Gasteiger partial charge in [0.2, 0.25) is 0 Å². The van der Waals surface area contributed by atoms with E-state index < -0.39 is 0 Å². The van der Waals surface area contributed by atoms with Crippen molar-refractivity contribution in [2.75, 3.05) is 27.7 Å². The Bertz CT molecular complexity index is 219. The summed E-state index contributed by atoms with van der Waals surface area (Å²) in [5.41, 5.74) is 5.96. The molecule has 0 heterocycles. The predicted molar refractivity (Wildman–Crippen MR) is 68.0 cm³/mol. The number of hydrogen-bond acceptors (Lipinski definition) is 2. The van der Waals surface area contributed by atoms with Crippen LogP contribution in [0.3, 0.4) is 0 Å². The Labute approximate surface area is 94.1 Å². The van der Waals surface area contributed by atoms with Gasteiger partial charge in [-0.25, -0.2) is 0 Å². The highest BCUT2D eigenvalue weighted by molar-refractivity contribution is 5.14. The molecule has 2 N–H and O–H groups in total. The number of benzene rings is 1. The molecular weight excluding hydrogens is 184 g/mol. The van der Waals surface area contributed by atoms with E-state index in [2.05, 4.69) is 55.1 Å². The maximum atomic E-state index is 4.50. The molecule has 0 bridgehead atoms. The number of nitrogens with zero attached hydrogens (tertiary/aromatic N) is 1. The summed E-state index contributed by atoms with van der Waals surface area (Å²) in [6.45, 7) is 1.20. The predicted octanol–water partition coefficient (Wildman–Crippen LogP) is 2.15. The normalized spacial score (nSPS) is 9.67. The van der Waals surface area contributed by atoms with Crippen LogP contribution in [-0.4, -0.2) is 32.6 Å². The van der Waals surface area contributed by atoms with Crippen LogP contribution in [0, 0.1) is 0 Å². The fourth-order valence-corrected chi connectivity index (χ4v) is 1.40.